The van der Waals surface area contributed by atoms with Gasteiger partial charge in [-0.2, -0.15) is 0 Å². The normalized spacial score (nSPS) is 22.8. The predicted octanol–water partition coefficient (Wildman–Crippen LogP) is 2.83. The molecular weight excluding hydrogens is 167 g/mol. The molecule has 0 N–H and O–H groups in total. The van der Waals surface area contributed by atoms with Gasteiger partial charge in [0.2, 0.25) is 0 Å². The van der Waals surface area contributed by atoms with Crippen LogP contribution in [-0.4, -0.2) is 12.0 Å². The molecule has 72 valence electrons. The van der Waals surface area contributed by atoms with E-state index >= 15 is 0 Å². The lowest BCUT2D eigenvalue weighted by molar-refractivity contribution is -0.110. The molecule has 0 bridgehead atoms. The fourth-order valence-corrected chi connectivity index (χ4v) is 1.49. The molecule has 0 heterocycles. The van der Waals surface area contributed by atoms with Gasteiger partial charge >= 0.3 is 0 Å². The van der Waals surface area contributed by atoms with Gasteiger partial charge in [0.1, 0.15) is 6.17 Å². The lowest BCUT2D eigenvalue weighted by atomic mass is 9.77. The fourth-order valence-electron chi connectivity index (χ4n) is 1.49. The molecule has 0 saturated heterocycles. The standard InChI is InChI=1S/C11H15FO/c1-4-10(12)9-7-8(13)5-6-11(9,2)3/h5-7,10H,4H2,1-3H3/t10-/m0/s1. The summed E-state index contributed by atoms with van der Waals surface area (Å²) in [4.78, 5) is 11.1. The second-order valence-corrected chi connectivity index (χ2v) is 3.93. The van der Waals surface area contributed by atoms with Crippen LogP contribution in [0.15, 0.2) is 23.8 Å². The monoisotopic (exact) mass is 182 g/mol. The Hall–Kier alpha value is -0.920. The SMILES string of the molecule is CC[C@H](F)C1=CC(=O)C=CC1(C)C. The lowest BCUT2D eigenvalue weighted by Gasteiger charge is -2.28. The van der Waals surface area contributed by atoms with Gasteiger partial charge in [0.15, 0.2) is 5.78 Å². The van der Waals surface area contributed by atoms with Crippen molar-refractivity contribution in [1.82, 2.24) is 0 Å². The Bertz CT molecular complexity index is 274. The average Bonchev–Trinajstić information content (AvgIpc) is 2.08. The van der Waals surface area contributed by atoms with Gasteiger partial charge in [-0.15, -0.1) is 0 Å². The Morgan fingerprint density at radius 2 is 2.15 bits per heavy atom. The summed E-state index contributed by atoms with van der Waals surface area (Å²) in [6, 6.07) is 0. The highest BCUT2D eigenvalue weighted by atomic mass is 19.1. The van der Waals surface area contributed by atoms with Crippen LogP contribution in [0.5, 0.6) is 0 Å². The molecule has 0 saturated carbocycles. The first-order valence-electron chi connectivity index (χ1n) is 4.56. The predicted molar refractivity (Wildman–Crippen MR) is 51.2 cm³/mol. The number of allylic oxidation sites excluding steroid dienone is 4. The van der Waals surface area contributed by atoms with E-state index < -0.39 is 6.17 Å². The highest BCUT2D eigenvalue weighted by Gasteiger charge is 2.29. The van der Waals surface area contributed by atoms with Crippen LogP contribution in [0, 0.1) is 5.41 Å². The molecule has 1 rings (SSSR count). The number of hydrogen-bond acceptors (Lipinski definition) is 1. The molecule has 0 unspecified atom stereocenters. The van der Waals surface area contributed by atoms with Crippen LogP contribution in [0.4, 0.5) is 4.39 Å². The van der Waals surface area contributed by atoms with Gasteiger partial charge in [-0.3, -0.25) is 4.79 Å². The maximum absolute atomic E-state index is 13.4. The van der Waals surface area contributed by atoms with Crippen molar-refractivity contribution in [2.45, 2.75) is 33.4 Å². The summed E-state index contributed by atoms with van der Waals surface area (Å²) in [7, 11) is 0. The second kappa shape index (κ2) is 3.44. The van der Waals surface area contributed by atoms with Crippen LogP contribution in [0.2, 0.25) is 0 Å². The minimum absolute atomic E-state index is 0.106. The van der Waals surface area contributed by atoms with Crippen molar-refractivity contribution in [2.75, 3.05) is 0 Å². The van der Waals surface area contributed by atoms with E-state index in [1.54, 1.807) is 13.0 Å². The number of alkyl halides is 1. The molecule has 1 atom stereocenters. The largest absolute Gasteiger partial charge is 0.290 e. The molecule has 13 heavy (non-hydrogen) atoms. The van der Waals surface area contributed by atoms with E-state index in [1.807, 2.05) is 13.8 Å². The number of carbonyl (C=O) groups excluding carboxylic acids is 1. The molecule has 0 aromatic rings. The summed E-state index contributed by atoms with van der Waals surface area (Å²) in [6.07, 6.45) is 4.13. The Morgan fingerprint density at radius 3 is 2.69 bits per heavy atom. The summed E-state index contributed by atoms with van der Waals surface area (Å²) in [6.45, 7) is 5.62. The van der Waals surface area contributed by atoms with Crippen LogP contribution in [-0.2, 0) is 4.79 Å². The molecule has 1 aliphatic rings. The Balaban J connectivity index is 2.98. The fraction of sp³-hybridized carbons (Fsp3) is 0.545. The molecule has 0 aromatic heterocycles. The summed E-state index contributed by atoms with van der Waals surface area (Å²) in [5.74, 6) is -0.106. The Kier molecular flexibility index (Phi) is 2.69. The maximum Gasteiger partial charge on any atom is 0.178 e. The van der Waals surface area contributed by atoms with E-state index in [-0.39, 0.29) is 11.2 Å². The van der Waals surface area contributed by atoms with Crippen molar-refractivity contribution in [3.8, 4) is 0 Å². The molecule has 1 aliphatic carbocycles. The summed E-state index contributed by atoms with van der Waals surface area (Å²) >= 11 is 0. The van der Waals surface area contributed by atoms with E-state index in [0.717, 1.165) is 0 Å². The van der Waals surface area contributed by atoms with Crippen LogP contribution in [0.3, 0.4) is 0 Å². The van der Waals surface area contributed by atoms with Gasteiger partial charge in [0.05, 0.1) is 0 Å². The molecular formula is C11H15FO. The third-order valence-electron chi connectivity index (χ3n) is 2.40. The maximum atomic E-state index is 13.4. The smallest absolute Gasteiger partial charge is 0.178 e. The first kappa shape index (κ1) is 10.2. The molecule has 0 amide bonds. The molecule has 0 spiro atoms. The number of rotatable bonds is 2. The number of halogens is 1. The zero-order valence-corrected chi connectivity index (χ0v) is 8.30. The highest BCUT2D eigenvalue weighted by Crippen LogP contribution is 2.35. The molecule has 0 aliphatic heterocycles. The van der Waals surface area contributed by atoms with Crippen LogP contribution in [0.1, 0.15) is 27.2 Å². The number of hydrogen-bond donors (Lipinski definition) is 0. The van der Waals surface area contributed by atoms with Gasteiger partial charge in [-0.1, -0.05) is 26.8 Å². The van der Waals surface area contributed by atoms with E-state index in [0.29, 0.717) is 12.0 Å². The summed E-state index contributed by atoms with van der Waals surface area (Å²) < 4.78 is 13.4. The average molecular weight is 182 g/mol. The lowest BCUT2D eigenvalue weighted by Crippen LogP contribution is -2.23. The quantitative estimate of drug-likeness (QED) is 0.641. The van der Waals surface area contributed by atoms with E-state index in [1.165, 1.54) is 12.2 Å². The van der Waals surface area contributed by atoms with Gasteiger partial charge in [-0.25, -0.2) is 4.39 Å². The minimum Gasteiger partial charge on any atom is -0.290 e. The topological polar surface area (TPSA) is 17.1 Å². The van der Waals surface area contributed by atoms with Gasteiger partial charge < -0.3 is 0 Å². The van der Waals surface area contributed by atoms with Crippen molar-refractivity contribution in [3.63, 3.8) is 0 Å². The van der Waals surface area contributed by atoms with Crippen molar-refractivity contribution < 1.29 is 9.18 Å². The van der Waals surface area contributed by atoms with Crippen molar-refractivity contribution >= 4 is 5.78 Å². The van der Waals surface area contributed by atoms with Gasteiger partial charge in [0, 0.05) is 5.41 Å². The van der Waals surface area contributed by atoms with Crippen molar-refractivity contribution in [2.24, 2.45) is 5.41 Å². The first-order chi connectivity index (χ1) is 5.97. The van der Waals surface area contributed by atoms with E-state index in [2.05, 4.69) is 0 Å². The van der Waals surface area contributed by atoms with E-state index in [4.69, 9.17) is 0 Å². The molecule has 0 radical (unpaired) electrons. The third-order valence-corrected chi connectivity index (χ3v) is 2.40. The Labute approximate surface area is 78.3 Å². The summed E-state index contributed by atoms with van der Waals surface area (Å²) in [5, 5.41) is 0. The van der Waals surface area contributed by atoms with Crippen LogP contribution < -0.4 is 0 Å². The zero-order chi connectivity index (χ0) is 10.1. The van der Waals surface area contributed by atoms with Gasteiger partial charge in [0.25, 0.3) is 0 Å². The second-order valence-electron chi connectivity index (χ2n) is 3.93. The third kappa shape index (κ3) is 2.06. The Morgan fingerprint density at radius 1 is 1.54 bits per heavy atom. The molecule has 0 fully saturated rings. The van der Waals surface area contributed by atoms with Crippen LogP contribution in [0.25, 0.3) is 0 Å². The van der Waals surface area contributed by atoms with E-state index in [9.17, 15) is 9.18 Å². The van der Waals surface area contributed by atoms with Gasteiger partial charge in [-0.05, 0) is 24.1 Å². The minimum atomic E-state index is -0.996. The highest BCUT2D eigenvalue weighted by molar-refractivity contribution is 6.01. The molecule has 2 heteroatoms. The van der Waals surface area contributed by atoms with Crippen LogP contribution >= 0.6 is 0 Å². The zero-order valence-electron chi connectivity index (χ0n) is 8.30. The van der Waals surface area contributed by atoms with Crippen molar-refractivity contribution in [3.05, 3.63) is 23.8 Å². The van der Waals surface area contributed by atoms with Crippen molar-refractivity contribution in [1.29, 1.82) is 0 Å². The first-order valence-corrected chi connectivity index (χ1v) is 4.56. The molecule has 1 nitrogen and oxygen atoms in total. The molecule has 0 aromatic carbocycles. The number of ketones is 1. The summed E-state index contributed by atoms with van der Waals surface area (Å²) in [5.41, 5.74) is 0.283. The number of carbonyl (C=O) groups is 1.